The van der Waals surface area contributed by atoms with E-state index in [1.165, 1.54) is 10.4 Å². The minimum Gasteiger partial charge on any atom is -0.447 e. The van der Waals surface area contributed by atoms with Crippen LogP contribution < -0.4 is 5.32 Å². The number of nitrogens with zero attached hydrogens (tertiary/aromatic N) is 1. The van der Waals surface area contributed by atoms with Crippen molar-refractivity contribution >= 4 is 10.0 Å². The van der Waals surface area contributed by atoms with Gasteiger partial charge in [0.2, 0.25) is 5.09 Å². The van der Waals surface area contributed by atoms with E-state index in [1.54, 1.807) is 13.1 Å². The van der Waals surface area contributed by atoms with Crippen molar-refractivity contribution in [2.75, 3.05) is 13.6 Å². The average Bonchev–Trinajstić information content (AvgIpc) is 2.95. The van der Waals surface area contributed by atoms with E-state index in [2.05, 4.69) is 5.32 Å². The van der Waals surface area contributed by atoms with Gasteiger partial charge in [0.1, 0.15) is 5.76 Å². The maximum atomic E-state index is 12.6. The first-order valence-electron chi connectivity index (χ1n) is 6.85. The van der Waals surface area contributed by atoms with Crippen molar-refractivity contribution in [2.24, 2.45) is 0 Å². The van der Waals surface area contributed by atoms with Crippen molar-refractivity contribution in [3.8, 4) is 0 Å². The van der Waals surface area contributed by atoms with E-state index in [1.807, 2.05) is 37.3 Å². The molecular weight excluding hydrogens is 288 g/mol. The van der Waals surface area contributed by atoms with Gasteiger partial charge in [-0.25, -0.2) is 8.42 Å². The Morgan fingerprint density at radius 1 is 1.14 bits per heavy atom. The molecule has 0 saturated heterocycles. The van der Waals surface area contributed by atoms with E-state index in [0.29, 0.717) is 25.4 Å². The van der Waals surface area contributed by atoms with Gasteiger partial charge in [-0.1, -0.05) is 37.3 Å². The topological polar surface area (TPSA) is 62.6 Å². The van der Waals surface area contributed by atoms with Gasteiger partial charge in [0.05, 0.1) is 6.54 Å². The number of nitrogens with one attached hydrogen (secondary N) is 1. The molecule has 114 valence electrons. The van der Waals surface area contributed by atoms with Crippen LogP contribution in [0.3, 0.4) is 0 Å². The Kier molecular flexibility index (Phi) is 5.17. The smallest absolute Gasteiger partial charge is 0.276 e. The van der Waals surface area contributed by atoms with Gasteiger partial charge in [-0.15, -0.1) is 0 Å². The molecule has 0 aliphatic rings. The largest absolute Gasteiger partial charge is 0.447 e. The summed E-state index contributed by atoms with van der Waals surface area (Å²) in [5, 5.41) is 2.92. The van der Waals surface area contributed by atoms with Crippen molar-refractivity contribution in [3.63, 3.8) is 0 Å². The molecule has 6 heteroatoms. The molecule has 1 heterocycles. The summed E-state index contributed by atoms with van der Waals surface area (Å²) >= 11 is 0. The van der Waals surface area contributed by atoms with E-state index in [-0.39, 0.29) is 5.09 Å². The quantitative estimate of drug-likeness (QED) is 0.852. The molecule has 0 unspecified atom stereocenters. The highest BCUT2D eigenvalue weighted by Gasteiger charge is 2.26. The molecular formula is C15H20N2O3S. The third kappa shape index (κ3) is 3.72. The molecule has 1 aromatic carbocycles. The van der Waals surface area contributed by atoms with Gasteiger partial charge in [0.25, 0.3) is 10.0 Å². The molecule has 21 heavy (non-hydrogen) atoms. The molecule has 2 aromatic rings. The van der Waals surface area contributed by atoms with Crippen LogP contribution in [-0.4, -0.2) is 26.3 Å². The normalized spacial score (nSPS) is 12.0. The fourth-order valence-electron chi connectivity index (χ4n) is 2.05. The molecule has 1 aromatic heterocycles. The number of hydrogen-bond donors (Lipinski definition) is 1. The minimum absolute atomic E-state index is 0.00877. The Hall–Kier alpha value is -1.63. The Balaban J connectivity index is 2.22. The Morgan fingerprint density at radius 2 is 1.86 bits per heavy atom. The lowest BCUT2D eigenvalue weighted by atomic mass is 10.2. The van der Waals surface area contributed by atoms with Crippen LogP contribution in [0.2, 0.25) is 0 Å². The summed E-state index contributed by atoms with van der Waals surface area (Å²) in [5.74, 6) is 0.604. The highest BCUT2D eigenvalue weighted by molar-refractivity contribution is 7.89. The average molecular weight is 308 g/mol. The number of benzene rings is 1. The third-order valence-corrected chi connectivity index (χ3v) is 4.93. The summed E-state index contributed by atoms with van der Waals surface area (Å²) in [6.07, 6.45) is 0. The highest BCUT2D eigenvalue weighted by atomic mass is 32.2. The minimum atomic E-state index is -3.61. The number of hydrogen-bond acceptors (Lipinski definition) is 4. The lowest BCUT2D eigenvalue weighted by Gasteiger charge is -2.19. The second kappa shape index (κ2) is 6.89. The van der Waals surface area contributed by atoms with Crippen molar-refractivity contribution in [1.82, 2.24) is 9.62 Å². The number of rotatable bonds is 7. The van der Waals surface area contributed by atoms with Crippen molar-refractivity contribution in [1.29, 1.82) is 0 Å². The molecule has 0 bridgehead atoms. The first-order chi connectivity index (χ1) is 10.1. The van der Waals surface area contributed by atoms with E-state index in [9.17, 15) is 8.42 Å². The van der Waals surface area contributed by atoms with Crippen LogP contribution in [-0.2, 0) is 23.1 Å². The molecule has 0 radical (unpaired) electrons. The number of furan rings is 1. The summed E-state index contributed by atoms with van der Waals surface area (Å²) in [7, 11) is -1.83. The van der Waals surface area contributed by atoms with Gasteiger partial charge in [-0.3, -0.25) is 0 Å². The van der Waals surface area contributed by atoms with Gasteiger partial charge in [-0.2, -0.15) is 4.31 Å². The summed E-state index contributed by atoms with van der Waals surface area (Å²) in [6.45, 7) is 3.04. The molecule has 2 rings (SSSR count). The zero-order chi connectivity index (χ0) is 15.3. The zero-order valence-corrected chi connectivity index (χ0v) is 13.1. The van der Waals surface area contributed by atoms with Crippen LogP contribution in [0, 0.1) is 0 Å². The molecule has 0 atom stereocenters. The second-order valence-electron chi connectivity index (χ2n) is 4.67. The Labute approximate surface area is 125 Å². The Morgan fingerprint density at radius 3 is 2.48 bits per heavy atom. The van der Waals surface area contributed by atoms with Crippen molar-refractivity contribution in [3.05, 3.63) is 53.8 Å². The maximum Gasteiger partial charge on any atom is 0.276 e. The van der Waals surface area contributed by atoms with Crippen LogP contribution in [0.1, 0.15) is 18.2 Å². The van der Waals surface area contributed by atoms with E-state index in [4.69, 9.17) is 4.42 Å². The van der Waals surface area contributed by atoms with E-state index >= 15 is 0 Å². The summed E-state index contributed by atoms with van der Waals surface area (Å²) in [6, 6.07) is 12.7. The first kappa shape index (κ1) is 15.8. The van der Waals surface area contributed by atoms with Crippen molar-refractivity contribution < 1.29 is 12.8 Å². The van der Waals surface area contributed by atoms with Crippen LogP contribution in [0.4, 0.5) is 0 Å². The Bertz CT molecular complexity index is 665. The third-order valence-electron chi connectivity index (χ3n) is 3.14. The summed E-state index contributed by atoms with van der Waals surface area (Å²) in [4.78, 5) is 0. The van der Waals surface area contributed by atoms with Crippen LogP contribution in [0.5, 0.6) is 0 Å². The predicted molar refractivity (Wildman–Crippen MR) is 81.2 cm³/mol. The van der Waals surface area contributed by atoms with Crippen LogP contribution >= 0.6 is 0 Å². The van der Waals surface area contributed by atoms with Gasteiger partial charge < -0.3 is 9.73 Å². The standard InChI is InChI=1S/C15H20N2O3S/c1-3-17(12-13-7-5-4-6-8-13)21(18,19)15-10-9-14(20-15)11-16-2/h4-10,16H,3,11-12H2,1-2H3. The molecule has 5 nitrogen and oxygen atoms in total. The maximum absolute atomic E-state index is 12.6. The predicted octanol–water partition coefficient (Wildman–Crippen LogP) is 2.21. The fraction of sp³-hybridized carbons (Fsp3) is 0.333. The molecule has 0 amide bonds. The molecule has 0 aliphatic heterocycles. The summed E-state index contributed by atoms with van der Waals surface area (Å²) < 4.78 is 32.0. The molecule has 1 N–H and O–H groups in total. The zero-order valence-electron chi connectivity index (χ0n) is 12.2. The van der Waals surface area contributed by atoms with Crippen molar-refractivity contribution in [2.45, 2.75) is 25.1 Å². The summed E-state index contributed by atoms with van der Waals surface area (Å²) in [5.41, 5.74) is 0.949. The van der Waals surface area contributed by atoms with Gasteiger partial charge >= 0.3 is 0 Å². The van der Waals surface area contributed by atoms with Gasteiger partial charge in [0.15, 0.2) is 0 Å². The van der Waals surface area contributed by atoms with E-state index in [0.717, 1.165) is 5.56 Å². The SMILES string of the molecule is CCN(Cc1ccccc1)S(=O)(=O)c1ccc(CNC)o1. The monoisotopic (exact) mass is 308 g/mol. The first-order valence-corrected chi connectivity index (χ1v) is 8.29. The van der Waals surface area contributed by atoms with Crippen LogP contribution in [0.15, 0.2) is 52.0 Å². The fourth-order valence-corrected chi connectivity index (χ4v) is 3.41. The van der Waals surface area contributed by atoms with Gasteiger partial charge in [-0.05, 0) is 24.7 Å². The lowest BCUT2D eigenvalue weighted by molar-refractivity contribution is 0.368. The highest BCUT2D eigenvalue weighted by Crippen LogP contribution is 2.20. The van der Waals surface area contributed by atoms with Gasteiger partial charge in [0, 0.05) is 13.1 Å². The second-order valence-corrected chi connectivity index (χ2v) is 6.54. The van der Waals surface area contributed by atoms with E-state index < -0.39 is 10.0 Å². The number of sulfonamides is 1. The molecule has 0 spiro atoms. The van der Waals surface area contributed by atoms with Crippen LogP contribution in [0.25, 0.3) is 0 Å². The molecule has 0 aliphatic carbocycles. The molecule has 0 fully saturated rings. The lowest BCUT2D eigenvalue weighted by Crippen LogP contribution is -2.30. The molecule has 0 saturated carbocycles.